The Morgan fingerprint density at radius 2 is 1.95 bits per heavy atom. The molecule has 2 fully saturated rings. The maximum absolute atomic E-state index is 13.9. The number of nitrogens with one attached hydrogen (secondary N) is 2. The molecule has 1 saturated heterocycles. The highest BCUT2D eigenvalue weighted by Crippen LogP contribution is 2.37. The Hall–Kier alpha value is -3.41. The maximum atomic E-state index is 13.9. The van der Waals surface area contributed by atoms with Crippen LogP contribution in [0.2, 0.25) is 0 Å². The summed E-state index contributed by atoms with van der Waals surface area (Å²) in [4.78, 5) is 29.0. The number of methoxy groups -OCH3 is 1. The van der Waals surface area contributed by atoms with E-state index in [1.165, 1.54) is 0 Å². The molecule has 1 saturated carbocycles. The van der Waals surface area contributed by atoms with Crippen LogP contribution in [0.4, 0.5) is 11.4 Å². The SMILES string of the molecule is CCc1cccc(C)c1NC(=O)[C@@H]1CNC[C@H](C(=O)N(c2ccc(C#N)c(OCCCOC)c2)C2CC2)C1. The third kappa shape index (κ3) is 6.53. The van der Waals surface area contributed by atoms with E-state index in [-0.39, 0.29) is 29.7 Å². The fourth-order valence-electron chi connectivity index (χ4n) is 5.06. The number of nitrogens with zero attached hydrogens (tertiary/aromatic N) is 2. The van der Waals surface area contributed by atoms with Crippen molar-refractivity contribution < 1.29 is 19.1 Å². The van der Waals surface area contributed by atoms with E-state index in [1.54, 1.807) is 19.2 Å². The average molecular weight is 519 g/mol. The van der Waals surface area contributed by atoms with E-state index in [0.29, 0.717) is 50.5 Å². The molecular weight excluding hydrogens is 480 g/mol. The van der Waals surface area contributed by atoms with Crippen LogP contribution in [-0.2, 0) is 20.7 Å². The van der Waals surface area contributed by atoms with Gasteiger partial charge in [0.05, 0.1) is 24.0 Å². The highest BCUT2D eigenvalue weighted by Gasteiger charge is 2.40. The first-order valence-electron chi connectivity index (χ1n) is 13.6. The number of para-hydroxylation sites is 1. The van der Waals surface area contributed by atoms with Crippen molar-refractivity contribution in [1.29, 1.82) is 5.26 Å². The van der Waals surface area contributed by atoms with E-state index in [9.17, 15) is 14.9 Å². The summed E-state index contributed by atoms with van der Waals surface area (Å²) in [7, 11) is 1.64. The minimum Gasteiger partial charge on any atom is -0.492 e. The summed E-state index contributed by atoms with van der Waals surface area (Å²) in [6.07, 6.45) is 3.90. The lowest BCUT2D eigenvalue weighted by Gasteiger charge is -2.33. The first-order chi connectivity index (χ1) is 18.5. The second-order valence-electron chi connectivity index (χ2n) is 10.2. The molecule has 2 aliphatic rings. The quantitative estimate of drug-likeness (QED) is 0.432. The molecule has 0 unspecified atom stereocenters. The van der Waals surface area contributed by atoms with E-state index in [1.807, 2.05) is 36.1 Å². The number of carbonyl (C=O) groups is 2. The van der Waals surface area contributed by atoms with E-state index >= 15 is 0 Å². The van der Waals surface area contributed by atoms with Crippen LogP contribution in [0.25, 0.3) is 0 Å². The number of hydrogen-bond donors (Lipinski definition) is 2. The highest BCUT2D eigenvalue weighted by atomic mass is 16.5. The molecule has 38 heavy (non-hydrogen) atoms. The van der Waals surface area contributed by atoms with Crippen molar-refractivity contribution in [3.8, 4) is 11.8 Å². The molecule has 1 heterocycles. The molecule has 2 N–H and O–H groups in total. The molecule has 2 atom stereocenters. The molecule has 8 heteroatoms. The van der Waals surface area contributed by atoms with Crippen LogP contribution in [0.1, 0.15) is 49.3 Å². The van der Waals surface area contributed by atoms with Gasteiger partial charge in [0.2, 0.25) is 11.8 Å². The standard InChI is InChI=1S/C30H38N4O4/c1-4-21-8-5-7-20(2)28(21)33-29(35)23-15-24(19-32-18-23)30(36)34(25-11-12-25)26-10-9-22(17-31)27(16-26)38-14-6-13-37-3/h5,7-10,16,23-25,32H,4,6,11-15,18-19H2,1-3H3,(H,33,35)/t23-,24+/m0/s1. The normalized spacial score (nSPS) is 18.9. The van der Waals surface area contributed by atoms with Gasteiger partial charge in [0.15, 0.2) is 0 Å². The van der Waals surface area contributed by atoms with E-state index < -0.39 is 0 Å². The maximum Gasteiger partial charge on any atom is 0.231 e. The Kier molecular flexibility index (Phi) is 9.38. The molecule has 1 aliphatic heterocycles. The molecule has 1 aliphatic carbocycles. The molecule has 0 bridgehead atoms. The predicted octanol–water partition coefficient (Wildman–Crippen LogP) is 4.20. The van der Waals surface area contributed by atoms with Crippen LogP contribution in [0, 0.1) is 30.1 Å². The summed E-state index contributed by atoms with van der Waals surface area (Å²) >= 11 is 0. The number of amides is 2. The van der Waals surface area contributed by atoms with Crippen molar-refractivity contribution in [3.63, 3.8) is 0 Å². The van der Waals surface area contributed by atoms with Crippen LogP contribution in [-0.4, -0.2) is 51.3 Å². The minimum atomic E-state index is -0.315. The van der Waals surface area contributed by atoms with Crippen molar-refractivity contribution in [2.24, 2.45) is 11.8 Å². The van der Waals surface area contributed by atoms with Gasteiger partial charge in [-0.1, -0.05) is 25.1 Å². The monoisotopic (exact) mass is 518 g/mol. The second kappa shape index (κ2) is 12.9. The van der Waals surface area contributed by atoms with Gasteiger partial charge in [-0.2, -0.15) is 5.26 Å². The van der Waals surface area contributed by atoms with Gasteiger partial charge in [0, 0.05) is 56.7 Å². The molecular formula is C30H38N4O4. The molecule has 202 valence electrons. The van der Waals surface area contributed by atoms with Gasteiger partial charge in [-0.05, 0) is 55.9 Å². The highest BCUT2D eigenvalue weighted by molar-refractivity contribution is 5.98. The number of benzene rings is 2. The van der Waals surface area contributed by atoms with Crippen LogP contribution in [0.3, 0.4) is 0 Å². The Balaban J connectivity index is 1.48. The Bertz CT molecular complexity index is 1190. The first-order valence-corrected chi connectivity index (χ1v) is 13.6. The number of nitriles is 1. The van der Waals surface area contributed by atoms with Crippen LogP contribution >= 0.6 is 0 Å². The van der Waals surface area contributed by atoms with Crippen LogP contribution < -0.4 is 20.3 Å². The minimum absolute atomic E-state index is 0.0117. The number of rotatable bonds is 11. The topological polar surface area (TPSA) is 104 Å². The second-order valence-corrected chi connectivity index (χ2v) is 10.2. The van der Waals surface area contributed by atoms with Gasteiger partial charge < -0.3 is 25.0 Å². The largest absolute Gasteiger partial charge is 0.492 e. The first kappa shape index (κ1) is 27.6. The summed E-state index contributed by atoms with van der Waals surface area (Å²) in [6.45, 7) is 6.15. The summed E-state index contributed by atoms with van der Waals surface area (Å²) in [5.74, 6) is -0.184. The zero-order chi connectivity index (χ0) is 27.1. The summed E-state index contributed by atoms with van der Waals surface area (Å²) in [6, 6.07) is 13.7. The molecule has 2 aromatic carbocycles. The molecule has 2 amide bonds. The summed E-state index contributed by atoms with van der Waals surface area (Å²) in [5, 5.41) is 16.0. The molecule has 4 rings (SSSR count). The number of piperidine rings is 1. The Morgan fingerprint density at radius 3 is 2.66 bits per heavy atom. The van der Waals surface area contributed by atoms with Crippen molar-refractivity contribution in [1.82, 2.24) is 5.32 Å². The molecule has 0 spiro atoms. The molecule has 0 aromatic heterocycles. The fourth-order valence-corrected chi connectivity index (χ4v) is 5.06. The van der Waals surface area contributed by atoms with Crippen LogP contribution in [0.5, 0.6) is 5.75 Å². The van der Waals surface area contributed by atoms with E-state index in [2.05, 4.69) is 23.6 Å². The van der Waals surface area contributed by atoms with Gasteiger partial charge in [0.25, 0.3) is 0 Å². The smallest absolute Gasteiger partial charge is 0.231 e. The lowest BCUT2D eigenvalue weighted by Crippen LogP contribution is -2.49. The zero-order valence-electron chi connectivity index (χ0n) is 22.6. The van der Waals surface area contributed by atoms with Crippen molar-refractivity contribution in [2.75, 3.05) is 43.6 Å². The van der Waals surface area contributed by atoms with Gasteiger partial charge in [0.1, 0.15) is 11.8 Å². The lowest BCUT2D eigenvalue weighted by molar-refractivity contribution is -0.125. The van der Waals surface area contributed by atoms with Gasteiger partial charge >= 0.3 is 0 Å². The third-order valence-corrected chi connectivity index (χ3v) is 7.32. The molecule has 2 aromatic rings. The molecule has 0 radical (unpaired) electrons. The molecule has 8 nitrogen and oxygen atoms in total. The van der Waals surface area contributed by atoms with E-state index in [0.717, 1.165) is 41.8 Å². The van der Waals surface area contributed by atoms with Crippen molar-refractivity contribution in [3.05, 3.63) is 53.1 Å². The summed E-state index contributed by atoms with van der Waals surface area (Å²) < 4.78 is 11.0. The average Bonchev–Trinajstić information content (AvgIpc) is 3.77. The number of anilines is 2. The Morgan fingerprint density at radius 1 is 1.16 bits per heavy atom. The van der Waals surface area contributed by atoms with Gasteiger partial charge in [-0.25, -0.2) is 0 Å². The van der Waals surface area contributed by atoms with Gasteiger partial charge in [-0.3, -0.25) is 9.59 Å². The number of carbonyl (C=O) groups excluding carboxylic acids is 2. The third-order valence-electron chi connectivity index (χ3n) is 7.32. The number of ether oxygens (including phenoxy) is 2. The van der Waals surface area contributed by atoms with Crippen molar-refractivity contribution in [2.45, 2.75) is 52.0 Å². The number of hydrogen-bond acceptors (Lipinski definition) is 6. The fraction of sp³-hybridized carbons (Fsp3) is 0.500. The van der Waals surface area contributed by atoms with E-state index in [4.69, 9.17) is 9.47 Å². The predicted molar refractivity (Wildman–Crippen MR) is 147 cm³/mol. The Labute approximate surface area is 225 Å². The van der Waals surface area contributed by atoms with Crippen LogP contribution in [0.15, 0.2) is 36.4 Å². The lowest BCUT2D eigenvalue weighted by atomic mass is 9.88. The summed E-state index contributed by atoms with van der Waals surface area (Å²) in [5.41, 5.74) is 4.19. The zero-order valence-corrected chi connectivity index (χ0v) is 22.6. The van der Waals surface area contributed by atoms with Gasteiger partial charge in [-0.15, -0.1) is 0 Å². The van der Waals surface area contributed by atoms with Crippen molar-refractivity contribution >= 4 is 23.2 Å². The number of aryl methyl sites for hydroxylation is 2.